The largest absolute Gasteiger partial charge is 0.391 e. The van der Waals surface area contributed by atoms with Gasteiger partial charge in [-0.25, -0.2) is 0 Å². The van der Waals surface area contributed by atoms with Gasteiger partial charge < -0.3 is 10.4 Å². The molecule has 1 fully saturated rings. The molecule has 0 aromatic heterocycles. The molecule has 66 valence electrons. The molecule has 0 amide bonds. The summed E-state index contributed by atoms with van der Waals surface area (Å²) >= 11 is 0. The fraction of sp³-hybridized carbons (Fsp3) is 1.00. The van der Waals surface area contributed by atoms with E-state index in [-0.39, 0.29) is 6.10 Å². The predicted molar refractivity (Wildman–Crippen MR) is 46.5 cm³/mol. The number of aliphatic hydroxyl groups is 1. The molecule has 2 heteroatoms. The van der Waals surface area contributed by atoms with E-state index in [9.17, 15) is 5.11 Å². The van der Waals surface area contributed by atoms with Crippen LogP contribution < -0.4 is 5.32 Å². The molecule has 1 heterocycles. The Bertz CT molecular complexity index is 106. The third kappa shape index (κ3) is 2.46. The van der Waals surface area contributed by atoms with Crippen molar-refractivity contribution in [1.29, 1.82) is 0 Å². The molecule has 3 atom stereocenters. The van der Waals surface area contributed by atoms with E-state index >= 15 is 0 Å². The quantitative estimate of drug-likeness (QED) is 0.647. The van der Waals surface area contributed by atoms with Crippen molar-refractivity contribution < 1.29 is 5.11 Å². The third-order valence-electron chi connectivity index (χ3n) is 2.51. The van der Waals surface area contributed by atoms with Gasteiger partial charge in [-0.15, -0.1) is 0 Å². The van der Waals surface area contributed by atoms with E-state index in [0.29, 0.717) is 12.1 Å². The van der Waals surface area contributed by atoms with E-state index in [1.165, 1.54) is 19.3 Å². The zero-order valence-electron chi connectivity index (χ0n) is 7.51. The summed E-state index contributed by atoms with van der Waals surface area (Å²) in [6.07, 6.45) is 4.58. The summed E-state index contributed by atoms with van der Waals surface area (Å²) in [5.41, 5.74) is 0. The van der Waals surface area contributed by atoms with Crippen LogP contribution in [0.5, 0.6) is 0 Å². The van der Waals surface area contributed by atoms with E-state index in [4.69, 9.17) is 0 Å². The molecule has 1 aliphatic heterocycles. The summed E-state index contributed by atoms with van der Waals surface area (Å²) in [4.78, 5) is 0. The van der Waals surface area contributed by atoms with Gasteiger partial charge in [0.1, 0.15) is 0 Å². The van der Waals surface area contributed by atoms with E-state index in [1.54, 1.807) is 0 Å². The molecule has 0 aliphatic carbocycles. The van der Waals surface area contributed by atoms with Gasteiger partial charge in [0.15, 0.2) is 0 Å². The second kappa shape index (κ2) is 4.07. The van der Waals surface area contributed by atoms with E-state index in [0.717, 1.165) is 6.42 Å². The Morgan fingerprint density at radius 1 is 1.55 bits per heavy atom. The topological polar surface area (TPSA) is 32.3 Å². The van der Waals surface area contributed by atoms with Crippen LogP contribution >= 0.6 is 0 Å². The number of hydrogen-bond acceptors (Lipinski definition) is 2. The van der Waals surface area contributed by atoms with Crippen LogP contribution in [0.1, 0.15) is 39.5 Å². The van der Waals surface area contributed by atoms with Gasteiger partial charge in [0.2, 0.25) is 0 Å². The molecule has 1 saturated heterocycles. The zero-order valence-corrected chi connectivity index (χ0v) is 7.51. The van der Waals surface area contributed by atoms with Crippen LogP contribution in [0.2, 0.25) is 0 Å². The monoisotopic (exact) mass is 157 g/mol. The average molecular weight is 157 g/mol. The molecular weight excluding hydrogens is 138 g/mol. The van der Waals surface area contributed by atoms with Crippen molar-refractivity contribution in [1.82, 2.24) is 5.32 Å². The van der Waals surface area contributed by atoms with Crippen LogP contribution in [0.25, 0.3) is 0 Å². The number of aliphatic hydroxyl groups excluding tert-OH is 1. The molecule has 2 nitrogen and oxygen atoms in total. The van der Waals surface area contributed by atoms with Crippen LogP contribution in [0.4, 0.5) is 0 Å². The van der Waals surface area contributed by atoms with Crippen LogP contribution in [-0.2, 0) is 0 Å². The van der Waals surface area contributed by atoms with E-state index < -0.39 is 0 Å². The summed E-state index contributed by atoms with van der Waals surface area (Å²) in [6.45, 7) is 4.26. The van der Waals surface area contributed by atoms with Crippen molar-refractivity contribution in [3.8, 4) is 0 Å². The highest BCUT2D eigenvalue weighted by Gasteiger charge is 2.27. The summed E-state index contributed by atoms with van der Waals surface area (Å²) in [5.74, 6) is 0. The normalized spacial score (nSPS) is 37.9. The van der Waals surface area contributed by atoms with Crippen molar-refractivity contribution in [3.05, 3.63) is 0 Å². The van der Waals surface area contributed by atoms with Gasteiger partial charge in [-0.3, -0.25) is 0 Å². The average Bonchev–Trinajstić information content (AvgIpc) is 2.28. The first-order valence-corrected chi connectivity index (χ1v) is 4.68. The van der Waals surface area contributed by atoms with Crippen LogP contribution in [-0.4, -0.2) is 23.3 Å². The molecule has 11 heavy (non-hydrogen) atoms. The van der Waals surface area contributed by atoms with Crippen LogP contribution in [0.15, 0.2) is 0 Å². The first-order valence-electron chi connectivity index (χ1n) is 4.68. The number of rotatable bonds is 3. The summed E-state index contributed by atoms with van der Waals surface area (Å²) in [5, 5.41) is 12.8. The minimum Gasteiger partial charge on any atom is -0.391 e. The van der Waals surface area contributed by atoms with E-state index in [2.05, 4.69) is 19.2 Å². The molecule has 0 radical (unpaired) electrons. The molecule has 2 N–H and O–H groups in total. The highest BCUT2D eigenvalue weighted by atomic mass is 16.3. The second-order valence-electron chi connectivity index (χ2n) is 3.60. The van der Waals surface area contributed by atoms with Crippen molar-refractivity contribution in [2.45, 2.75) is 57.7 Å². The van der Waals surface area contributed by atoms with Gasteiger partial charge in [-0.2, -0.15) is 0 Å². The molecular formula is C9H19NO. The highest BCUT2D eigenvalue weighted by Crippen LogP contribution is 2.17. The highest BCUT2D eigenvalue weighted by molar-refractivity contribution is 4.87. The molecule has 1 rings (SSSR count). The molecule has 0 bridgehead atoms. The van der Waals surface area contributed by atoms with Crippen molar-refractivity contribution in [2.24, 2.45) is 0 Å². The SMILES string of the molecule is CCCC[C@H]1C[C@@H](O)[C@@H](C)N1. The molecule has 0 spiro atoms. The lowest BCUT2D eigenvalue weighted by Crippen LogP contribution is -2.30. The van der Waals surface area contributed by atoms with Crippen LogP contribution in [0.3, 0.4) is 0 Å². The smallest absolute Gasteiger partial charge is 0.0705 e. The number of unbranched alkanes of at least 4 members (excludes halogenated alkanes) is 1. The van der Waals surface area contributed by atoms with Gasteiger partial charge >= 0.3 is 0 Å². The molecule has 0 unspecified atom stereocenters. The number of nitrogens with one attached hydrogen (secondary N) is 1. The first-order chi connectivity index (χ1) is 5.24. The fourth-order valence-corrected chi connectivity index (χ4v) is 1.70. The summed E-state index contributed by atoms with van der Waals surface area (Å²) in [6, 6.07) is 0.872. The third-order valence-corrected chi connectivity index (χ3v) is 2.51. The lowest BCUT2D eigenvalue weighted by molar-refractivity contribution is 0.164. The minimum atomic E-state index is -0.114. The predicted octanol–water partition coefficient (Wildman–Crippen LogP) is 1.29. The Morgan fingerprint density at radius 2 is 2.27 bits per heavy atom. The maximum atomic E-state index is 9.40. The van der Waals surface area contributed by atoms with Gasteiger partial charge in [0, 0.05) is 12.1 Å². The molecule has 0 aromatic rings. The van der Waals surface area contributed by atoms with Crippen molar-refractivity contribution in [2.75, 3.05) is 0 Å². The Labute approximate surface area is 69.0 Å². The summed E-state index contributed by atoms with van der Waals surface area (Å²) < 4.78 is 0. The Balaban J connectivity index is 2.18. The van der Waals surface area contributed by atoms with Gasteiger partial charge in [0.25, 0.3) is 0 Å². The first kappa shape index (κ1) is 9.01. The van der Waals surface area contributed by atoms with E-state index in [1.807, 2.05) is 0 Å². The lowest BCUT2D eigenvalue weighted by Gasteiger charge is -2.09. The van der Waals surface area contributed by atoms with Crippen molar-refractivity contribution >= 4 is 0 Å². The number of hydrogen-bond donors (Lipinski definition) is 2. The standard InChI is InChI=1S/C9H19NO/c1-3-4-5-8-6-9(11)7(2)10-8/h7-11H,3-6H2,1-2H3/t7-,8+,9-/m1/s1. The molecule has 1 aliphatic rings. The van der Waals surface area contributed by atoms with Gasteiger partial charge in [-0.1, -0.05) is 19.8 Å². The van der Waals surface area contributed by atoms with Crippen LogP contribution in [0, 0.1) is 0 Å². The van der Waals surface area contributed by atoms with Gasteiger partial charge in [-0.05, 0) is 19.8 Å². The summed E-state index contributed by atoms with van der Waals surface area (Å²) in [7, 11) is 0. The maximum Gasteiger partial charge on any atom is 0.0705 e. The minimum absolute atomic E-state index is 0.114. The lowest BCUT2D eigenvalue weighted by atomic mass is 10.1. The molecule has 0 aromatic carbocycles. The zero-order chi connectivity index (χ0) is 8.27. The second-order valence-corrected chi connectivity index (χ2v) is 3.60. The molecule has 0 saturated carbocycles. The van der Waals surface area contributed by atoms with Gasteiger partial charge in [0.05, 0.1) is 6.10 Å². The van der Waals surface area contributed by atoms with Crippen molar-refractivity contribution in [3.63, 3.8) is 0 Å². The maximum absolute atomic E-state index is 9.40. The fourth-order valence-electron chi connectivity index (χ4n) is 1.70. The Kier molecular flexibility index (Phi) is 3.34. The Morgan fingerprint density at radius 3 is 2.73 bits per heavy atom. The Hall–Kier alpha value is -0.0800.